The molecular weight excluding hydrogens is 352 g/mol. The second-order valence-electron chi connectivity index (χ2n) is 4.50. The highest BCUT2D eigenvalue weighted by Crippen LogP contribution is 2.24. The lowest BCUT2D eigenvalue weighted by Gasteiger charge is -2.21. The first-order valence-electron chi connectivity index (χ1n) is 6.70. The normalized spacial score (nSPS) is 11.8. The number of aromatic nitrogens is 1. The van der Waals surface area contributed by atoms with Crippen LogP contribution in [0.5, 0.6) is 0 Å². The van der Waals surface area contributed by atoms with Gasteiger partial charge in [0.1, 0.15) is 0 Å². The Morgan fingerprint density at radius 3 is 2.48 bits per heavy atom. The van der Waals surface area contributed by atoms with Crippen molar-refractivity contribution < 1.29 is 8.42 Å². The van der Waals surface area contributed by atoms with Crippen LogP contribution in [0, 0.1) is 0 Å². The third-order valence-electron chi connectivity index (χ3n) is 3.15. The summed E-state index contributed by atoms with van der Waals surface area (Å²) in [6.45, 7) is 2.68. The number of hydrogen-bond acceptors (Lipinski definition) is 3. The molecule has 21 heavy (non-hydrogen) atoms. The molecule has 0 aliphatic carbocycles. The number of benzene rings is 1. The van der Waals surface area contributed by atoms with Crippen LogP contribution in [0.1, 0.15) is 12.6 Å². The van der Waals surface area contributed by atoms with Crippen molar-refractivity contribution in [2.75, 3.05) is 13.1 Å². The Morgan fingerprint density at radius 2 is 1.86 bits per heavy atom. The fraction of sp³-hybridized carbons (Fsp3) is 0.267. The Hall–Kier alpha value is -1.24. The summed E-state index contributed by atoms with van der Waals surface area (Å²) in [5.74, 6) is 0. The largest absolute Gasteiger partial charge is 0.261 e. The molecule has 4 nitrogen and oxygen atoms in total. The van der Waals surface area contributed by atoms with Crippen molar-refractivity contribution >= 4 is 26.0 Å². The van der Waals surface area contributed by atoms with E-state index in [1.807, 2.05) is 25.1 Å². The summed E-state index contributed by atoms with van der Waals surface area (Å²) in [6, 6.07) is 12.5. The quantitative estimate of drug-likeness (QED) is 0.786. The number of halogens is 1. The molecule has 0 aliphatic rings. The highest BCUT2D eigenvalue weighted by atomic mass is 79.9. The Morgan fingerprint density at radius 1 is 1.14 bits per heavy atom. The van der Waals surface area contributed by atoms with Crippen LogP contribution in [0.4, 0.5) is 0 Å². The van der Waals surface area contributed by atoms with Gasteiger partial charge in [-0.3, -0.25) is 4.98 Å². The lowest BCUT2D eigenvalue weighted by atomic mass is 10.3. The zero-order chi connectivity index (χ0) is 15.3. The minimum absolute atomic E-state index is 0.299. The summed E-state index contributed by atoms with van der Waals surface area (Å²) in [7, 11) is -3.49. The molecule has 6 heteroatoms. The van der Waals surface area contributed by atoms with Gasteiger partial charge < -0.3 is 0 Å². The zero-order valence-electron chi connectivity index (χ0n) is 11.7. The molecular formula is C15H17BrN2O2S. The fourth-order valence-electron chi connectivity index (χ4n) is 2.03. The smallest absolute Gasteiger partial charge is 0.244 e. The van der Waals surface area contributed by atoms with Crippen LogP contribution < -0.4 is 0 Å². The number of likely N-dealkylation sites (N-methyl/N-ethyl adjacent to an activating group) is 1. The Labute approximate surface area is 134 Å². The van der Waals surface area contributed by atoms with E-state index in [-0.39, 0.29) is 0 Å². The van der Waals surface area contributed by atoms with Crippen molar-refractivity contribution in [3.8, 4) is 0 Å². The van der Waals surface area contributed by atoms with E-state index in [0.717, 1.165) is 5.69 Å². The predicted octanol–water partition coefficient (Wildman–Crippen LogP) is 3.10. The molecule has 1 aromatic carbocycles. The highest BCUT2D eigenvalue weighted by molar-refractivity contribution is 9.10. The van der Waals surface area contributed by atoms with Gasteiger partial charge in [0.25, 0.3) is 0 Å². The Balaban J connectivity index is 2.19. The van der Waals surface area contributed by atoms with Gasteiger partial charge in [-0.15, -0.1) is 0 Å². The van der Waals surface area contributed by atoms with Gasteiger partial charge in [-0.1, -0.05) is 25.1 Å². The number of hydrogen-bond donors (Lipinski definition) is 0. The maximum Gasteiger partial charge on any atom is 0.244 e. The molecule has 0 saturated carbocycles. The van der Waals surface area contributed by atoms with E-state index in [0.29, 0.717) is 28.9 Å². The number of sulfonamides is 1. The van der Waals surface area contributed by atoms with Crippen molar-refractivity contribution in [3.05, 3.63) is 58.8 Å². The molecule has 0 amide bonds. The molecule has 2 rings (SSSR count). The molecule has 0 aliphatic heterocycles. The SMILES string of the molecule is CCN(CCc1ccccn1)S(=O)(=O)c1ccccc1Br. The van der Waals surface area contributed by atoms with Crippen LogP contribution >= 0.6 is 15.9 Å². The van der Waals surface area contributed by atoms with E-state index in [9.17, 15) is 8.42 Å². The molecule has 0 unspecified atom stereocenters. The first-order valence-corrected chi connectivity index (χ1v) is 8.93. The first kappa shape index (κ1) is 16.1. The van der Waals surface area contributed by atoms with Crippen molar-refractivity contribution in [2.45, 2.75) is 18.2 Å². The third kappa shape index (κ3) is 3.90. The molecule has 112 valence electrons. The van der Waals surface area contributed by atoms with E-state index in [4.69, 9.17) is 0 Å². The summed E-state index contributed by atoms with van der Waals surface area (Å²) in [4.78, 5) is 4.53. The molecule has 1 heterocycles. The number of rotatable bonds is 6. The molecule has 0 bridgehead atoms. The van der Waals surface area contributed by atoms with E-state index >= 15 is 0 Å². The summed E-state index contributed by atoms with van der Waals surface area (Å²) in [6.07, 6.45) is 2.31. The molecule has 2 aromatic rings. The van der Waals surface area contributed by atoms with E-state index < -0.39 is 10.0 Å². The van der Waals surface area contributed by atoms with Gasteiger partial charge in [-0.2, -0.15) is 4.31 Å². The lowest BCUT2D eigenvalue weighted by molar-refractivity contribution is 0.429. The molecule has 0 fully saturated rings. The molecule has 0 N–H and O–H groups in total. The van der Waals surface area contributed by atoms with Crippen LogP contribution in [0.2, 0.25) is 0 Å². The second kappa shape index (κ2) is 7.15. The van der Waals surface area contributed by atoms with Crippen LogP contribution in [0.3, 0.4) is 0 Å². The second-order valence-corrected chi connectivity index (χ2v) is 7.26. The van der Waals surface area contributed by atoms with E-state index in [1.165, 1.54) is 4.31 Å². The maximum absolute atomic E-state index is 12.7. The average molecular weight is 369 g/mol. The van der Waals surface area contributed by atoms with Crippen molar-refractivity contribution in [3.63, 3.8) is 0 Å². The van der Waals surface area contributed by atoms with E-state index in [1.54, 1.807) is 30.5 Å². The zero-order valence-corrected chi connectivity index (χ0v) is 14.1. The van der Waals surface area contributed by atoms with Crippen LogP contribution in [-0.4, -0.2) is 30.8 Å². The van der Waals surface area contributed by atoms with Crippen LogP contribution in [0.25, 0.3) is 0 Å². The topological polar surface area (TPSA) is 50.3 Å². The van der Waals surface area contributed by atoms with Gasteiger partial charge in [0, 0.05) is 35.9 Å². The third-order valence-corrected chi connectivity index (χ3v) is 6.14. The fourth-order valence-corrected chi connectivity index (χ4v) is 4.44. The van der Waals surface area contributed by atoms with Gasteiger partial charge in [0.05, 0.1) is 4.90 Å². The Kier molecular flexibility index (Phi) is 5.50. The lowest BCUT2D eigenvalue weighted by Crippen LogP contribution is -2.33. The van der Waals surface area contributed by atoms with Crippen LogP contribution in [0.15, 0.2) is 58.0 Å². The molecule has 1 aromatic heterocycles. The summed E-state index contributed by atoms with van der Waals surface area (Å²) in [5, 5.41) is 0. The monoisotopic (exact) mass is 368 g/mol. The average Bonchev–Trinajstić information content (AvgIpc) is 2.49. The predicted molar refractivity (Wildman–Crippen MR) is 86.5 cm³/mol. The van der Waals surface area contributed by atoms with Gasteiger partial charge >= 0.3 is 0 Å². The maximum atomic E-state index is 12.7. The number of nitrogens with zero attached hydrogens (tertiary/aromatic N) is 2. The molecule has 0 spiro atoms. The standard InChI is InChI=1S/C15H17BrN2O2S/c1-2-18(12-10-13-7-5-6-11-17-13)21(19,20)15-9-4-3-8-14(15)16/h3-9,11H,2,10,12H2,1H3. The number of pyridine rings is 1. The summed E-state index contributed by atoms with van der Waals surface area (Å²) in [5.41, 5.74) is 0.887. The first-order chi connectivity index (χ1) is 10.1. The summed E-state index contributed by atoms with van der Waals surface area (Å²) >= 11 is 3.31. The van der Waals surface area contributed by atoms with E-state index in [2.05, 4.69) is 20.9 Å². The van der Waals surface area contributed by atoms with Gasteiger partial charge in [-0.25, -0.2) is 8.42 Å². The summed E-state index contributed by atoms with van der Waals surface area (Å²) < 4.78 is 27.4. The van der Waals surface area contributed by atoms with Gasteiger partial charge in [0.2, 0.25) is 10.0 Å². The molecule has 0 radical (unpaired) electrons. The van der Waals surface area contributed by atoms with Gasteiger partial charge in [0.15, 0.2) is 0 Å². The van der Waals surface area contributed by atoms with Crippen molar-refractivity contribution in [2.24, 2.45) is 0 Å². The molecule has 0 atom stereocenters. The Bertz CT molecular complexity index is 690. The van der Waals surface area contributed by atoms with Gasteiger partial charge in [-0.05, 0) is 40.2 Å². The van der Waals surface area contributed by atoms with Crippen LogP contribution in [-0.2, 0) is 16.4 Å². The highest BCUT2D eigenvalue weighted by Gasteiger charge is 2.24. The van der Waals surface area contributed by atoms with Crippen molar-refractivity contribution in [1.29, 1.82) is 0 Å². The minimum atomic E-state index is -3.49. The molecule has 0 saturated heterocycles. The minimum Gasteiger partial charge on any atom is -0.261 e. The van der Waals surface area contributed by atoms with Crippen molar-refractivity contribution in [1.82, 2.24) is 9.29 Å².